The molecule has 0 rings (SSSR count). The maximum atomic E-state index is 10.7. The monoisotopic (exact) mass is 402 g/mol. The van der Waals surface area contributed by atoms with Crippen LogP contribution in [0.5, 0.6) is 0 Å². The molecular weight excluding hydrogens is 363 g/mol. The molecule has 6 heteroatoms. The van der Waals surface area contributed by atoms with Gasteiger partial charge in [0, 0.05) is 47.5 Å². The van der Waals surface area contributed by atoms with Crippen molar-refractivity contribution in [3.63, 3.8) is 0 Å². The normalized spacial score (nSPS) is 9.71. The van der Waals surface area contributed by atoms with Gasteiger partial charge in [0.05, 0.1) is 0 Å². The largest absolute Gasteiger partial charge is 0.432 e. The van der Waals surface area contributed by atoms with Crippen LogP contribution in [0.4, 0.5) is 0 Å². The zero-order valence-corrected chi connectivity index (χ0v) is 19.1. The van der Waals surface area contributed by atoms with Crippen LogP contribution in [0.2, 0.25) is 18.1 Å². The summed E-state index contributed by atoms with van der Waals surface area (Å²) in [7, 11) is 1.06. The Balaban J connectivity index is -0.000000107. The number of hydrogen-bond donors (Lipinski definition) is 4. The molecular formula is C15H40O4SiZr. The van der Waals surface area contributed by atoms with Crippen LogP contribution < -0.4 is 0 Å². The van der Waals surface area contributed by atoms with E-state index in [9.17, 15) is 4.80 Å². The van der Waals surface area contributed by atoms with Crippen molar-refractivity contribution in [2.45, 2.75) is 59.7 Å². The van der Waals surface area contributed by atoms with Crippen LogP contribution >= 0.6 is 0 Å². The van der Waals surface area contributed by atoms with E-state index in [0.717, 1.165) is 39.5 Å². The summed E-state index contributed by atoms with van der Waals surface area (Å²) in [6.45, 7) is 13.3. The average molecular weight is 404 g/mol. The summed E-state index contributed by atoms with van der Waals surface area (Å²) < 4.78 is 0. The molecule has 0 saturated carbocycles. The first-order chi connectivity index (χ1) is 9.25. The van der Waals surface area contributed by atoms with Crippen molar-refractivity contribution in [3.05, 3.63) is 0 Å². The standard InChI is InChI=1S/C12H28OSi.3CH4O.Zr/c1-10(2)7-14(13,8-11(3)4)9-12(5)6;3*1-2;/h10-13H,7-9H2,1-6H3;3*2H,1H3;. The smallest absolute Gasteiger partial charge is 0.189 e. The third-order valence-corrected chi connectivity index (χ3v) is 7.09. The predicted octanol–water partition coefficient (Wildman–Crippen LogP) is 2.72. The molecule has 21 heavy (non-hydrogen) atoms. The van der Waals surface area contributed by atoms with Crippen molar-refractivity contribution >= 4 is 8.32 Å². The molecule has 0 aromatic rings. The third kappa shape index (κ3) is 29.6. The van der Waals surface area contributed by atoms with Crippen LogP contribution in [-0.2, 0) is 26.2 Å². The number of rotatable bonds is 6. The number of aliphatic hydroxyl groups is 3. The minimum Gasteiger partial charge on any atom is -0.432 e. The minimum absolute atomic E-state index is 0. The van der Waals surface area contributed by atoms with Gasteiger partial charge in [-0.05, 0) is 35.9 Å². The molecule has 0 fully saturated rings. The van der Waals surface area contributed by atoms with E-state index >= 15 is 0 Å². The van der Waals surface area contributed by atoms with Gasteiger partial charge in [-0.1, -0.05) is 41.5 Å². The van der Waals surface area contributed by atoms with Crippen molar-refractivity contribution in [1.82, 2.24) is 0 Å². The Bertz CT molecular complexity index is 141. The van der Waals surface area contributed by atoms with E-state index in [2.05, 4.69) is 41.5 Å². The van der Waals surface area contributed by atoms with E-state index < -0.39 is 8.32 Å². The fourth-order valence-electron chi connectivity index (χ4n) is 2.53. The van der Waals surface area contributed by atoms with Gasteiger partial charge in [-0.2, -0.15) is 0 Å². The van der Waals surface area contributed by atoms with E-state index in [1.165, 1.54) is 0 Å². The summed E-state index contributed by atoms with van der Waals surface area (Å²) in [4.78, 5) is 10.7. The van der Waals surface area contributed by atoms with Crippen LogP contribution in [0.1, 0.15) is 41.5 Å². The molecule has 0 amide bonds. The zero-order valence-electron chi connectivity index (χ0n) is 15.6. The van der Waals surface area contributed by atoms with Gasteiger partial charge in [0.2, 0.25) is 0 Å². The number of hydrogen-bond acceptors (Lipinski definition) is 4. The molecule has 0 aliphatic rings. The van der Waals surface area contributed by atoms with Crippen molar-refractivity contribution < 1.29 is 46.3 Å². The Morgan fingerprint density at radius 2 is 0.714 bits per heavy atom. The number of aliphatic hydroxyl groups excluding tert-OH is 3. The van der Waals surface area contributed by atoms with Crippen LogP contribution in [0.3, 0.4) is 0 Å². The SMILES string of the molecule is CC(C)C[Si](O)(CC(C)C)CC(C)C.CO.CO.CO.[Zr]. The molecule has 0 aliphatic heterocycles. The summed E-state index contributed by atoms with van der Waals surface area (Å²) in [5.74, 6) is 1.93. The summed E-state index contributed by atoms with van der Waals surface area (Å²) in [6, 6.07) is 3.22. The molecule has 0 heterocycles. The summed E-state index contributed by atoms with van der Waals surface area (Å²) in [5.41, 5.74) is 0. The van der Waals surface area contributed by atoms with E-state index in [0.29, 0.717) is 17.8 Å². The molecule has 0 spiro atoms. The molecule has 4 nitrogen and oxygen atoms in total. The van der Waals surface area contributed by atoms with Gasteiger partial charge in [-0.25, -0.2) is 0 Å². The second-order valence-electron chi connectivity index (χ2n) is 6.02. The van der Waals surface area contributed by atoms with E-state index in [1.54, 1.807) is 0 Å². The molecule has 4 N–H and O–H groups in total. The van der Waals surface area contributed by atoms with Crippen LogP contribution in [0.15, 0.2) is 0 Å². The second kappa shape index (κ2) is 23.2. The predicted molar refractivity (Wildman–Crippen MR) is 91.3 cm³/mol. The maximum Gasteiger partial charge on any atom is 0.189 e. The molecule has 0 aromatic heterocycles. The second-order valence-corrected chi connectivity index (χ2v) is 9.69. The van der Waals surface area contributed by atoms with Gasteiger partial charge in [0.25, 0.3) is 0 Å². The van der Waals surface area contributed by atoms with E-state index in [-0.39, 0.29) is 26.2 Å². The van der Waals surface area contributed by atoms with Crippen molar-refractivity contribution in [1.29, 1.82) is 0 Å². The summed E-state index contributed by atoms with van der Waals surface area (Å²) in [5, 5.41) is 21.0. The van der Waals surface area contributed by atoms with Gasteiger partial charge in [0.1, 0.15) is 0 Å². The van der Waals surface area contributed by atoms with Gasteiger partial charge >= 0.3 is 0 Å². The third-order valence-electron chi connectivity index (χ3n) is 2.36. The molecule has 0 unspecified atom stereocenters. The first-order valence-corrected chi connectivity index (χ1v) is 9.88. The molecule has 0 bridgehead atoms. The maximum absolute atomic E-state index is 10.7. The Labute approximate surface area is 153 Å². The van der Waals surface area contributed by atoms with Crippen molar-refractivity contribution in [2.24, 2.45) is 17.8 Å². The van der Waals surface area contributed by atoms with Crippen molar-refractivity contribution in [3.8, 4) is 0 Å². The first-order valence-electron chi connectivity index (χ1n) is 7.31. The first kappa shape index (κ1) is 33.5. The Kier molecular flexibility index (Phi) is 37.1. The van der Waals surface area contributed by atoms with Crippen LogP contribution in [-0.4, -0.2) is 49.8 Å². The van der Waals surface area contributed by atoms with Crippen LogP contribution in [0.25, 0.3) is 0 Å². The Morgan fingerprint density at radius 1 is 0.571 bits per heavy atom. The van der Waals surface area contributed by atoms with Gasteiger partial charge in [-0.15, -0.1) is 0 Å². The van der Waals surface area contributed by atoms with Crippen molar-refractivity contribution in [2.75, 3.05) is 21.3 Å². The average Bonchev–Trinajstić information content (AvgIpc) is 2.33. The Hall–Kier alpha value is 0.940. The molecule has 132 valence electrons. The summed E-state index contributed by atoms with van der Waals surface area (Å²) >= 11 is 0. The van der Waals surface area contributed by atoms with Gasteiger partial charge < -0.3 is 20.1 Å². The molecule has 0 aromatic carbocycles. The van der Waals surface area contributed by atoms with Crippen LogP contribution in [0, 0.1) is 17.8 Å². The minimum atomic E-state index is -1.94. The van der Waals surface area contributed by atoms with E-state index in [4.69, 9.17) is 15.3 Å². The molecule has 0 saturated heterocycles. The quantitative estimate of drug-likeness (QED) is 0.514. The molecule has 0 radical (unpaired) electrons. The Morgan fingerprint density at radius 3 is 0.810 bits per heavy atom. The fourth-order valence-corrected chi connectivity index (χ4v) is 7.59. The van der Waals surface area contributed by atoms with E-state index in [1.807, 2.05) is 0 Å². The summed E-state index contributed by atoms with van der Waals surface area (Å²) in [6.07, 6.45) is 0. The zero-order chi connectivity index (χ0) is 17.4. The fraction of sp³-hybridized carbons (Fsp3) is 1.00. The topological polar surface area (TPSA) is 80.9 Å². The van der Waals surface area contributed by atoms with Gasteiger partial charge in [-0.3, -0.25) is 0 Å². The molecule has 0 atom stereocenters. The molecule has 0 aliphatic carbocycles. The van der Waals surface area contributed by atoms with Gasteiger partial charge in [0.15, 0.2) is 8.32 Å².